The molecule has 0 spiro atoms. The van der Waals surface area contributed by atoms with E-state index < -0.39 is 0 Å². The largest absolute Gasteiger partial charge is 0.0616 e. The van der Waals surface area contributed by atoms with Crippen LogP contribution in [-0.4, -0.2) is 0 Å². The maximum absolute atomic E-state index is 2.38. The molecule has 0 amide bonds. The first-order valence-electron chi connectivity index (χ1n) is 17.5. The van der Waals surface area contributed by atoms with Gasteiger partial charge in [-0.2, -0.15) is 0 Å². The Balaban J connectivity index is 1.03. The minimum absolute atomic E-state index is 1.25. The normalized spacial score (nSPS) is 11.8. The summed E-state index contributed by atoms with van der Waals surface area (Å²) in [5.41, 5.74) is 10.1. The van der Waals surface area contributed by atoms with Gasteiger partial charge in [-0.15, -0.1) is 0 Å². The third-order valence-electron chi connectivity index (χ3n) is 10.9. The third kappa shape index (κ3) is 4.39. The van der Waals surface area contributed by atoms with Crippen LogP contribution >= 0.6 is 0 Å². The summed E-state index contributed by atoms with van der Waals surface area (Å²) in [4.78, 5) is 0. The van der Waals surface area contributed by atoms with E-state index in [1.807, 2.05) is 0 Å². The summed E-state index contributed by atoms with van der Waals surface area (Å²) >= 11 is 0. The van der Waals surface area contributed by atoms with E-state index in [0.29, 0.717) is 0 Å². The van der Waals surface area contributed by atoms with Gasteiger partial charge in [0.2, 0.25) is 0 Å². The molecule has 0 nitrogen and oxygen atoms in total. The summed E-state index contributed by atoms with van der Waals surface area (Å²) in [6, 6.07) is 63.0. The number of rotatable bonds is 3. The molecule has 0 aliphatic carbocycles. The van der Waals surface area contributed by atoms with E-state index in [-0.39, 0.29) is 0 Å². The minimum Gasteiger partial charge on any atom is -0.0616 e. The highest BCUT2D eigenvalue weighted by Crippen LogP contribution is 2.40. The molecule has 10 aromatic carbocycles. The number of aryl methyl sites for hydroxylation is 2. The fourth-order valence-electron chi connectivity index (χ4n) is 8.47. The SMILES string of the molecule is Cc1cc(-c2ccc3c4ccccc4c4ccccc4c3c2)ccc1-c1ccc(-c2ccc3c4ccccc4c4ccccc4c3c2)cc1C. The molecule has 0 heterocycles. The topological polar surface area (TPSA) is 0 Å². The molecule has 0 fully saturated rings. The second-order valence-electron chi connectivity index (χ2n) is 13.8. The maximum atomic E-state index is 2.38. The van der Waals surface area contributed by atoms with Gasteiger partial charge in [0, 0.05) is 0 Å². The van der Waals surface area contributed by atoms with Gasteiger partial charge in [-0.05, 0) is 135 Å². The van der Waals surface area contributed by atoms with Crippen molar-refractivity contribution in [2.75, 3.05) is 0 Å². The summed E-state index contributed by atoms with van der Waals surface area (Å²) in [6.07, 6.45) is 0. The lowest BCUT2D eigenvalue weighted by atomic mass is 9.89. The maximum Gasteiger partial charge on any atom is -0.00928 e. The Bertz CT molecular complexity index is 2720. The number of hydrogen-bond acceptors (Lipinski definition) is 0. The molecule has 0 aromatic heterocycles. The summed E-state index contributed by atoms with van der Waals surface area (Å²) < 4.78 is 0. The van der Waals surface area contributed by atoms with Crippen molar-refractivity contribution < 1.29 is 0 Å². The molecule has 0 aliphatic heterocycles. The molecule has 0 saturated heterocycles. The molecule has 10 rings (SSSR count). The van der Waals surface area contributed by atoms with Crippen molar-refractivity contribution in [3.05, 3.63) is 181 Å². The fraction of sp³-hybridized carbons (Fsp3) is 0.0400. The highest BCUT2D eigenvalue weighted by Gasteiger charge is 2.14. The van der Waals surface area contributed by atoms with E-state index >= 15 is 0 Å². The van der Waals surface area contributed by atoms with Gasteiger partial charge in [-0.3, -0.25) is 0 Å². The van der Waals surface area contributed by atoms with Crippen LogP contribution in [0.4, 0.5) is 0 Å². The van der Waals surface area contributed by atoms with Crippen LogP contribution in [0.2, 0.25) is 0 Å². The summed E-state index contributed by atoms with van der Waals surface area (Å²) in [5, 5.41) is 15.7. The molecule has 0 saturated carbocycles. The highest BCUT2D eigenvalue weighted by atomic mass is 14.2. The van der Waals surface area contributed by atoms with Crippen LogP contribution < -0.4 is 0 Å². The Kier molecular flexibility index (Phi) is 6.41. The van der Waals surface area contributed by atoms with Crippen molar-refractivity contribution >= 4 is 64.6 Å². The van der Waals surface area contributed by atoms with Crippen LogP contribution in [0.3, 0.4) is 0 Å². The zero-order chi connectivity index (χ0) is 33.3. The van der Waals surface area contributed by atoms with Crippen molar-refractivity contribution in [3.63, 3.8) is 0 Å². The molecule has 234 valence electrons. The Labute approximate surface area is 291 Å². The van der Waals surface area contributed by atoms with Gasteiger partial charge in [-0.25, -0.2) is 0 Å². The standard InChI is InChI=1S/C50H34/c1-31-27-33(35-21-25-47-43-15-5-3-11-39(43)41-13-7-9-17-45(41)49(47)29-35)19-23-37(31)38-24-20-34(28-32(38)2)36-22-26-48-44-16-6-4-12-40(44)42-14-8-10-18-46(42)50(48)30-36/h3-30H,1-2H3. The van der Waals surface area contributed by atoms with Gasteiger partial charge in [0.25, 0.3) is 0 Å². The van der Waals surface area contributed by atoms with Crippen molar-refractivity contribution in [1.82, 2.24) is 0 Å². The van der Waals surface area contributed by atoms with Gasteiger partial charge in [-0.1, -0.05) is 158 Å². The average Bonchev–Trinajstić information content (AvgIpc) is 3.18. The Morgan fingerprint density at radius 2 is 0.460 bits per heavy atom. The molecular formula is C50H34. The Morgan fingerprint density at radius 1 is 0.220 bits per heavy atom. The number of benzene rings is 10. The zero-order valence-electron chi connectivity index (χ0n) is 28.2. The van der Waals surface area contributed by atoms with Crippen LogP contribution in [0.5, 0.6) is 0 Å². The third-order valence-corrected chi connectivity index (χ3v) is 10.9. The van der Waals surface area contributed by atoms with E-state index in [2.05, 4.69) is 184 Å². The highest BCUT2D eigenvalue weighted by molar-refractivity contribution is 6.27. The summed E-state index contributed by atoms with van der Waals surface area (Å²) in [7, 11) is 0. The lowest BCUT2D eigenvalue weighted by molar-refractivity contribution is 1.41. The quantitative estimate of drug-likeness (QED) is 0.170. The van der Waals surface area contributed by atoms with Crippen LogP contribution in [0.1, 0.15) is 11.1 Å². The van der Waals surface area contributed by atoms with Crippen molar-refractivity contribution in [2.45, 2.75) is 13.8 Å². The molecule has 0 radical (unpaired) electrons. The molecule has 0 heteroatoms. The second kappa shape index (κ2) is 11.2. The predicted molar refractivity (Wildman–Crippen MR) is 217 cm³/mol. The van der Waals surface area contributed by atoms with E-state index in [9.17, 15) is 0 Å². The van der Waals surface area contributed by atoms with Crippen LogP contribution in [0.15, 0.2) is 170 Å². The molecule has 0 bridgehead atoms. The first kappa shape index (κ1) is 28.7. The van der Waals surface area contributed by atoms with Crippen molar-refractivity contribution in [3.8, 4) is 33.4 Å². The Hall–Kier alpha value is -6.24. The van der Waals surface area contributed by atoms with Gasteiger partial charge < -0.3 is 0 Å². The average molecular weight is 635 g/mol. The van der Waals surface area contributed by atoms with Gasteiger partial charge in [0.15, 0.2) is 0 Å². The second-order valence-corrected chi connectivity index (χ2v) is 13.8. The first-order chi connectivity index (χ1) is 24.6. The van der Waals surface area contributed by atoms with E-state index in [4.69, 9.17) is 0 Å². The first-order valence-corrected chi connectivity index (χ1v) is 17.5. The lowest BCUT2D eigenvalue weighted by Gasteiger charge is -2.15. The molecule has 50 heavy (non-hydrogen) atoms. The number of fused-ring (bicyclic) bond motifs is 12. The van der Waals surface area contributed by atoms with Crippen LogP contribution in [0, 0.1) is 13.8 Å². The smallest absolute Gasteiger partial charge is 0.00928 e. The van der Waals surface area contributed by atoms with E-state index in [1.165, 1.54) is 109 Å². The summed E-state index contributed by atoms with van der Waals surface area (Å²) in [5.74, 6) is 0. The minimum atomic E-state index is 1.25. The van der Waals surface area contributed by atoms with Crippen LogP contribution in [-0.2, 0) is 0 Å². The molecule has 0 unspecified atom stereocenters. The number of hydrogen-bond donors (Lipinski definition) is 0. The van der Waals surface area contributed by atoms with Crippen LogP contribution in [0.25, 0.3) is 98.0 Å². The molecule has 0 N–H and O–H groups in total. The molecule has 0 aliphatic rings. The van der Waals surface area contributed by atoms with E-state index in [1.54, 1.807) is 0 Å². The van der Waals surface area contributed by atoms with Gasteiger partial charge in [0.05, 0.1) is 0 Å². The molecule has 10 aromatic rings. The fourth-order valence-corrected chi connectivity index (χ4v) is 8.47. The monoisotopic (exact) mass is 634 g/mol. The predicted octanol–water partition coefficient (Wildman–Crippen LogP) is 14.2. The molecule has 0 atom stereocenters. The Morgan fingerprint density at radius 3 is 0.760 bits per heavy atom. The van der Waals surface area contributed by atoms with Crippen molar-refractivity contribution in [1.29, 1.82) is 0 Å². The van der Waals surface area contributed by atoms with Gasteiger partial charge in [0.1, 0.15) is 0 Å². The van der Waals surface area contributed by atoms with Gasteiger partial charge >= 0.3 is 0 Å². The van der Waals surface area contributed by atoms with Crippen molar-refractivity contribution in [2.24, 2.45) is 0 Å². The summed E-state index contributed by atoms with van der Waals surface area (Å²) in [6.45, 7) is 4.49. The zero-order valence-corrected chi connectivity index (χ0v) is 28.2. The molecular weight excluding hydrogens is 601 g/mol. The lowest BCUT2D eigenvalue weighted by Crippen LogP contribution is -1.91. The van der Waals surface area contributed by atoms with E-state index in [0.717, 1.165) is 0 Å².